The number of hydrogen-bond donors (Lipinski definition) is 2. The second kappa shape index (κ2) is 11.3. The predicted molar refractivity (Wildman–Crippen MR) is 176 cm³/mol. The summed E-state index contributed by atoms with van der Waals surface area (Å²) in [5, 5.41) is 21.3. The molecule has 0 heterocycles. The maximum absolute atomic E-state index is 15.5. The molecular formula is C38H48O11. The quantitative estimate of drug-likeness (QED) is 0.0980. The van der Waals surface area contributed by atoms with Gasteiger partial charge in [-0.1, -0.05) is 32.4 Å². The van der Waals surface area contributed by atoms with Crippen LogP contribution in [-0.2, 0) is 39.9 Å². The smallest absolute Gasteiger partial charge is 0.321 e. The number of Topliss-reactive ketones (excluding diaryl/α,β-unsaturated/α-hetero) is 3. The Morgan fingerprint density at radius 2 is 1.59 bits per heavy atom. The third kappa shape index (κ3) is 4.19. The average Bonchev–Trinajstić information content (AvgIpc) is 3.17. The molecule has 49 heavy (non-hydrogen) atoms. The minimum absolute atomic E-state index is 0.0908. The normalized spacial score (nSPS) is 37.6. The molecule has 1 aromatic carbocycles. The molecule has 1 aromatic rings. The lowest BCUT2D eigenvalue weighted by molar-refractivity contribution is -0.217. The van der Waals surface area contributed by atoms with Gasteiger partial charge in [0.2, 0.25) is 5.75 Å². The number of carbonyl (C=O) groups excluding carboxylic acids is 6. The highest BCUT2D eigenvalue weighted by molar-refractivity contribution is 6.28. The molecule has 0 saturated heterocycles. The molecule has 3 fully saturated rings. The highest BCUT2D eigenvalue weighted by Crippen LogP contribution is 2.77. The minimum Gasteiger partial charge on any atom is -0.504 e. The van der Waals surface area contributed by atoms with Gasteiger partial charge >= 0.3 is 11.9 Å². The largest absolute Gasteiger partial charge is 0.504 e. The van der Waals surface area contributed by atoms with Gasteiger partial charge in [0.05, 0.1) is 30.6 Å². The molecule has 11 heteroatoms. The first-order chi connectivity index (χ1) is 22.6. The first-order valence-corrected chi connectivity index (χ1v) is 16.8. The number of ether oxygens (including phenoxy) is 3. The van der Waals surface area contributed by atoms with Crippen LogP contribution < -0.4 is 4.74 Å². The summed E-state index contributed by atoms with van der Waals surface area (Å²) in [5.41, 5.74) is -8.35. The van der Waals surface area contributed by atoms with Crippen LogP contribution in [0.25, 0.3) is 0 Å². The number of rotatable bonds is 7. The third-order valence-corrected chi connectivity index (χ3v) is 13.5. The zero-order valence-electron chi connectivity index (χ0n) is 30.1. The van der Waals surface area contributed by atoms with Crippen molar-refractivity contribution in [3.63, 3.8) is 0 Å². The van der Waals surface area contributed by atoms with Gasteiger partial charge in [-0.25, -0.2) is 0 Å². The summed E-state index contributed by atoms with van der Waals surface area (Å²) < 4.78 is 16.5. The molecule has 0 radical (unpaired) electrons. The Morgan fingerprint density at radius 3 is 2.12 bits per heavy atom. The molecule has 4 aliphatic rings. The van der Waals surface area contributed by atoms with E-state index >= 15 is 9.59 Å². The molecular weight excluding hydrogens is 632 g/mol. The maximum atomic E-state index is 15.5. The minimum atomic E-state index is -2.07. The van der Waals surface area contributed by atoms with E-state index in [0.29, 0.717) is 24.8 Å². The van der Waals surface area contributed by atoms with E-state index in [9.17, 15) is 29.4 Å². The zero-order valence-corrected chi connectivity index (χ0v) is 30.1. The molecule has 3 saturated carbocycles. The van der Waals surface area contributed by atoms with Crippen LogP contribution in [0.2, 0.25) is 0 Å². The fourth-order valence-electron chi connectivity index (χ4n) is 11.2. The lowest BCUT2D eigenvalue weighted by Gasteiger charge is -2.67. The molecule has 0 aromatic heterocycles. The number of phenolic OH excluding ortho intramolecular Hbond substituents is 2. The van der Waals surface area contributed by atoms with Crippen LogP contribution in [0.3, 0.4) is 0 Å². The number of ketones is 3. The highest BCUT2D eigenvalue weighted by atomic mass is 16.5. The predicted octanol–water partition coefficient (Wildman–Crippen LogP) is 5.10. The van der Waals surface area contributed by atoms with Crippen LogP contribution >= 0.6 is 0 Å². The van der Waals surface area contributed by atoms with Gasteiger partial charge in [-0.3, -0.25) is 24.0 Å². The SMILES string of the molecule is COC(=O)C12C(=O)C(C)(Cc3cc(OC)c(O)c(O)c3C(C)=O)C(=O)C1(C)C(C)=CC1C3(C=O)CCC(OC(C)=O)C(C)(C)C3CCC12C. The van der Waals surface area contributed by atoms with E-state index in [0.717, 1.165) is 6.29 Å². The number of aromatic hydroxyl groups is 2. The molecule has 8 unspecified atom stereocenters. The molecule has 0 aliphatic heterocycles. The second-order valence-corrected chi connectivity index (χ2v) is 15.9. The van der Waals surface area contributed by atoms with Crippen LogP contribution in [0.15, 0.2) is 17.7 Å². The Morgan fingerprint density at radius 1 is 0.959 bits per heavy atom. The maximum Gasteiger partial charge on any atom is 0.321 e. The Bertz CT molecular complexity index is 1720. The van der Waals surface area contributed by atoms with Crippen molar-refractivity contribution >= 4 is 35.6 Å². The fourth-order valence-corrected chi connectivity index (χ4v) is 11.2. The van der Waals surface area contributed by atoms with Gasteiger partial charge in [-0.05, 0) is 88.7 Å². The molecule has 266 valence electrons. The summed E-state index contributed by atoms with van der Waals surface area (Å²) in [4.78, 5) is 83.7. The van der Waals surface area contributed by atoms with Crippen molar-refractivity contribution in [1.82, 2.24) is 0 Å². The van der Waals surface area contributed by atoms with Gasteiger partial charge in [-0.15, -0.1) is 0 Å². The van der Waals surface area contributed by atoms with E-state index < -0.39 is 85.3 Å². The van der Waals surface area contributed by atoms with Crippen molar-refractivity contribution in [2.75, 3.05) is 14.2 Å². The topological polar surface area (TPSA) is 171 Å². The van der Waals surface area contributed by atoms with Crippen LogP contribution in [-0.4, -0.2) is 66.1 Å². The van der Waals surface area contributed by atoms with Crippen molar-refractivity contribution in [2.24, 2.45) is 44.3 Å². The number of benzene rings is 1. The number of esters is 2. The third-order valence-electron chi connectivity index (χ3n) is 13.5. The van der Waals surface area contributed by atoms with Crippen LogP contribution in [0.5, 0.6) is 17.2 Å². The molecule has 2 N–H and O–H groups in total. The molecule has 11 nitrogen and oxygen atoms in total. The van der Waals surface area contributed by atoms with E-state index in [4.69, 9.17) is 14.2 Å². The van der Waals surface area contributed by atoms with Gasteiger partial charge in [0.25, 0.3) is 0 Å². The summed E-state index contributed by atoms with van der Waals surface area (Å²) in [7, 11) is 2.44. The van der Waals surface area contributed by atoms with Gasteiger partial charge in [0, 0.05) is 17.8 Å². The average molecular weight is 681 g/mol. The van der Waals surface area contributed by atoms with Gasteiger partial charge in [-0.2, -0.15) is 0 Å². The Labute approximate surface area is 286 Å². The summed E-state index contributed by atoms with van der Waals surface area (Å²) in [5.74, 6) is -5.63. The Balaban J connectivity index is 1.76. The van der Waals surface area contributed by atoms with Crippen LogP contribution in [0.4, 0.5) is 0 Å². The summed E-state index contributed by atoms with van der Waals surface area (Å²) >= 11 is 0. The van der Waals surface area contributed by atoms with E-state index in [-0.39, 0.29) is 35.6 Å². The molecule has 0 spiro atoms. The summed E-state index contributed by atoms with van der Waals surface area (Å²) in [6, 6.07) is 1.32. The van der Waals surface area contributed by atoms with Crippen molar-refractivity contribution in [2.45, 2.75) is 93.6 Å². The van der Waals surface area contributed by atoms with E-state index in [1.807, 2.05) is 26.8 Å². The van der Waals surface area contributed by atoms with Crippen LogP contribution in [0.1, 0.15) is 97.0 Å². The van der Waals surface area contributed by atoms with Gasteiger partial charge in [0.15, 0.2) is 28.8 Å². The molecule has 8 atom stereocenters. The monoisotopic (exact) mass is 680 g/mol. The lowest BCUT2D eigenvalue weighted by atomic mass is 9.33. The number of carbonyl (C=O) groups is 6. The molecule has 5 rings (SSSR count). The fraction of sp³-hybridized carbons (Fsp3) is 0.632. The first kappa shape index (κ1) is 36.3. The summed E-state index contributed by atoms with van der Waals surface area (Å²) in [6.45, 7) is 13.1. The van der Waals surface area contributed by atoms with E-state index in [2.05, 4.69) is 0 Å². The zero-order chi connectivity index (χ0) is 36.9. The highest BCUT2D eigenvalue weighted by Gasteiger charge is 2.85. The summed E-state index contributed by atoms with van der Waals surface area (Å²) in [6.07, 6.45) is 3.48. The van der Waals surface area contributed by atoms with Crippen molar-refractivity contribution in [1.29, 1.82) is 0 Å². The van der Waals surface area contributed by atoms with Crippen molar-refractivity contribution < 1.29 is 53.2 Å². The molecule has 4 aliphatic carbocycles. The van der Waals surface area contributed by atoms with E-state index in [1.54, 1.807) is 13.8 Å². The first-order valence-electron chi connectivity index (χ1n) is 16.8. The number of hydrogen-bond acceptors (Lipinski definition) is 11. The van der Waals surface area contributed by atoms with Crippen LogP contribution in [0, 0.1) is 44.3 Å². The number of aldehydes is 1. The number of allylic oxidation sites excluding steroid dienone is 2. The standard InChI is InChI=1S/C38H48O11/c1-19-15-25-35(7,13-11-24-33(4,5)26(49-21(3)41)12-14-37(24,25)18-39)38(32(46)48-10)31(45)34(6,30(44)36(19,38)8)17-22-16-23(47-9)28(42)29(43)27(22)20(2)40/h15-16,18,24-26,42-43H,11-14,17H2,1-10H3. The van der Waals surface area contributed by atoms with E-state index in [1.165, 1.54) is 41.1 Å². The second-order valence-electron chi connectivity index (χ2n) is 15.9. The number of phenols is 2. The van der Waals surface area contributed by atoms with Gasteiger partial charge in [0.1, 0.15) is 17.8 Å². The van der Waals surface area contributed by atoms with Gasteiger partial charge < -0.3 is 29.2 Å². The molecule has 0 bridgehead atoms. The molecule has 0 amide bonds. The van der Waals surface area contributed by atoms with Crippen molar-refractivity contribution in [3.05, 3.63) is 28.8 Å². The Kier molecular flexibility index (Phi) is 8.33. The number of fused-ring (bicyclic) bond motifs is 5. The Hall–Kier alpha value is -4.02. The lowest BCUT2D eigenvalue weighted by Crippen LogP contribution is -2.70. The van der Waals surface area contributed by atoms with Crippen molar-refractivity contribution in [3.8, 4) is 17.2 Å². The number of methoxy groups -OCH3 is 2.